The van der Waals surface area contributed by atoms with Crippen LogP contribution in [0.5, 0.6) is 0 Å². The van der Waals surface area contributed by atoms with Crippen LogP contribution in [0.25, 0.3) is 10.9 Å². The lowest BCUT2D eigenvalue weighted by Crippen LogP contribution is -2.28. The van der Waals surface area contributed by atoms with E-state index in [9.17, 15) is 4.79 Å². The van der Waals surface area contributed by atoms with Crippen LogP contribution in [0, 0.1) is 0 Å². The summed E-state index contributed by atoms with van der Waals surface area (Å²) in [5.74, 6) is -0.174. The summed E-state index contributed by atoms with van der Waals surface area (Å²) in [4.78, 5) is 22.0. The molecule has 1 amide bonds. The van der Waals surface area contributed by atoms with Crippen molar-refractivity contribution in [3.8, 4) is 0 Å². The van der Waals surface area contributed by atoms with Gasteiger partial charge in [0.25, 0.3) is 5.91 Å². The zero-order valence-electron chi connectivity index (χ0n) is 15.5. The molecule has 1 aliphatic heterocycles. The second kappa shape index (κ2) is 6.87. The topological polar surface area (TPSA) is 77.6 Å². The lowest BCUT2D eigenvalue weighted by Gasteiger charge is -2.16. The van der Waals surface area contributed by atoms with Crippen LogP contribution < -0.4 is 5.32 Å². The minimum absolute atomic E-state index is 0.174. The van der Waals surface area contributed by atoms with Crippen molar-refractivity contribution in [2.75, 3.05) is 5.32 Å². The van der Waals surface area contributed by atoms with E-state index in [4.69, 9.17) is 5.10 Å². The first-order valence-corrected chi connectivity index (χ1v) is 10.3. The monoisotopic (exact) mass is 392 g/mol. The smallest absolute Gasteiger partial charge is 0.257 e. The van der Waals surface area contributed by atoms with Gasteiger partial charge in [-0.05, 0) is 30.9 Å². The number of thiazole rings is 1. The van der Waals surface area contributed by atoms with E-state index in [0.29, 0.717) is 5.13 Å². The normalized spacial score (nSPS) is 14.3. The Hall–Kier alpha value is -3.00. The van der Waals surface area contributed by atoms with Crippen molar-refractivity contribution >= 4 is 33.3 Å². The maximum Gasteiger partial charge on any atom is 0.257 e. The quantitative estimate of drug-likeness (QED) is 0.564. The molecule has 0 spiro atoms. The fourth-order valence-electron chi connectivity index (χ4n) is 3.79. The van der Waals surface area contributed by atoms with Crippen molar-refractivity contribution in [1.29, 1.82) is 0 Å². The first kappa shape index (κ1) is 17.1. The average molecular weight is 392 g/mol. The Kier molecular flexibility index (Phi) is 4.20. The summed E-state index contributed by atoms with van der Waals surface area (Å²) < 4.78 is 3.88. The van der Waals surface area contributed by atoms with E-state index in [2.05, 4.69) is 45.0 Å². The molecule has 3 aromatic heterocycles. The van der Waals surface area contributed by atoms with E-state index in [1.807, 2.05) is 17.9 Å². The fourth-order valence-corrected chi connectivity index (χ4v) is 4.33. The van der Waals surface area contributed by atoms with Crippen molar-refractivity contribution in [3.05, 3.63) is 59.3 Å². The number of benzene rings is 1. The van der Waals surface area contributed by atoms with E-state index < -0.39 is 6.04 Å². The number of fused-ring (bicyclic) bond motifs is 2. The molecule has 8 heteroatoms. The second-order valence-corrected chi connectivity index (χ2v) is 7.85. The Bertz CT molecular complexity index is 1140. The van der Waals surface area contributed by atoms with Crippen LogP contribution in [0.1, 0.15) is 36.3 Å². The number of amides is 1. The van der Waals surface area contributed by atoms with Gasteiger partial charge in [0, 0.05) is 35.4 Å². The zero-order chi connectivity index (χ0) is 19.1. The van der Waals surface area contributed by atoms with Crippen molar-refractivity contribution < 1.29 is 4.79 Å². The molecule has 142 valence electrons. The van der Waals surface area contributed by atoms with Gasteiger partial charge in [-0.3, -0.25) is 14.8 Å². The maximum absolute atomic E-state index is 13.3. The predicted octanol–water partition coefficient (Wildman–Crippen LogP) is 3.43. The molecule has 4 heterocycles. The molecule has 0 aliphatic carbocycles. The van der Waals surface area contributed by atoms with Crippen LogP contribution in [0.15, 0.2) is 42.3 Å². The lowest BCUT2D eigenvalue weighted by molar-refractivity contribution is -0.118. The number of rotatable bonds is 5. The van der Waals surface area contributed by atoms with Crippen LogP contribution in [-0.4, -0.2) is 30.2 Å². The molecule has 0 saturated carbocycles. The van der Waals surface area contributed by atoms with Gasteiger partial charge in [0.15, 0.2) is 11.2 Å². The number of nitrogens with zero attached hydrogens (tertiary/aromatic N) is 5. The number of carbonyl (C=O) groups excluding carboxylic acids is 1. The predicted molar refractivity (Wildman–Crippen MR) is 109 cm³/mol. The van der Waals surface area contributed by atoms with E-state index in [-0.39, 0.29) is 5.91 Å². The molecule has 28 heavy (non-hydrogen) atoms. The van der Waals surface area contributed by atoms with Crippen molar-refractivity contribution in [1.82, 2.24) is 24.3 Å². The van der Waals surface area contributed by atoms with Gasteiger partial charge in [-0.15, -0.1) is 11.3 Å². The standard InChI is InChI=1S/C20H20N6OS/c1-2-13-5-6-14-11-26(24-15(14)10-13)18(19(27)23-20-21-7-9-28-20)17-16-4-3-8-25(16)12-22-17/h5-7,9-12,18H,2-4,8H2,1H3,(H,21,23,27). The summed E-state index contributed by atoms with van der Waals surface area (Å²) in [5.41, 5.74) is 4.01. The Morgan fingerprint density at radius 3 is 3.11 bits per heavy atom. The molecule has 7 nitrogen and oxygen atoms in total. The Balaban J connectivity index is 1.60. The molecule has 4 aromatic rings. The van der Waals surface area contributed by atoms with Crippen molar-refractivity contribution in [2.24, 2.45) is 0 Å². The number of hydrogen-bond donors (Lipinski definition) is 1. The molecule has 5 rings (SSSR count). The van der Waals surface area contributed by atoms with Crippen LogP contribution in [0.3, 0.4) is 0 Å². The molecule has 0 radical (unpaired) electrons. The lowest BCUT2D eigenvalue weighted by atomic mass is 10.1. The van der Waals surface area contributed by atoms with Crippen molar-refractivity contribution in [3.63, 3.8) is 0 Å². The van der Waals surface area contributed by atoms with E-state index in [0.717, 1.165) is 48.1 Å². The van der Waals surface area contributed by atoms with E-state index >= 15 is 0 Å². The summed E-state index contributed by atoms with van der Waals surface area (Å²) in [6.45, 7) is 3.07. The minimum Gasteiger partial charge on any atom is -0.334 e. The highest BCUT2D eigenvalue weighted by atomic mass is 32.1. The first-order valence-electron chi connectivity index (χ1n) is 9.45. The molecular formula is C20H20N6OS. The van der Waals surface area contributed by atoms with Crippen LogP contribution >= 0.6 is 11.3 Å². The number of aromatic nitrogens is 5. The zero-order valence-corrected chi connectivity index (χ0v) is 16.3. The van der Waals surface area contributed by atoms with Gasteiger partial charge in [0.05, 0.1) is 17.5 Å². The van der Waals surface area contributed by atoms with Gasteiger partial charge in [-0.2, -0.15) is 5.10 Å². The maximum atomic E-state index is 13.3. The van der Waals surface area contributed by atoms with Gasteiger partial charge in [0.2, 0.25) is 0 Å². The third-order valence-corrected chi connectivity index (χ3v) is 5.91. The van der Waals surface area contributed by atoms with Gasteiger partial charge in [0.1, 0.15) is 0 Å². The van der Waals surface area contributed by atoms with Gasteiger partial charge >= 0.3 is 0 Å². The number of aryl methyl sites for hydroxylation is 2. The van der Waals surface area contributed by atoms with Crippen LogP contribution in [-0.2, 0) is 24.2 Å². The molecule has 0 saturated heterocycles. The van der Waals surface area contributed by atoms with E-state index in [1.165, 1.54) is 16.9 Å². The number of anilines is 1. The van der Waals surface area contributed by atoms with Gasteiger partial charge in [-0.25, -0.2) is 9.97 Å². The fraction of sp³-hybridized carbons (Fsp3) is 0.300. The van der Waals surface area contributed by atoms with Crippen LogP contribution in [0.2, 0.25) is 0 Å². The second-order valence-electron chi connectivity index (χ2n) is 6.96. The molecule has 1 unspecified atom stereocenters. The Morgan fingerprint density at radius 1 is 1.36 bits per heavy atom. The first-order chi connectivity index (χ1) is 13.7. The van der Waals surface area contributed by atoms with E-state index in [1.54, 1.807) is 10.9 Å². The minimum atomic E-state index is -0.629. The summed E-state index contributed by atoms with van der Waals surface area (Å²) in [6, 6.07) is 5.62. The Labute approximate surface area is 166 Å². The highest BCUT2D eigenvalue weighted by Gasteiger charge is 2.31. The molecule has 0 bridgehead atoms. The summed E-state index contributed by atoms with van der Waals surface area (Å²) >= 11 is 1.40. The van der Waals surface area contributed by atoms with Crippen LogP contribution in [0.4, 0.5) is 5.13 Å². The highest BCUT2D eigenvalue weighted by Crippen LogP contribution is 2.29. The number of carbonyl (C=O) groups is 1. The Morgan fingerprint density at radius 2 is 2.29 bits per heavy atom. The molecular weight excluding hydrogens is 372 g/mol. The van der Waals surface area contributed by atoms with Gasteiger partial charge < -0.3 is 4.57 Å². The summed E-state index contributed by atoms with van der Waals surface area (Å²) in [5, 5.41) is 11.1. The average Bonchev–Trinajstić information content (AvgIpc) is 3.47. The molecule has 0 fully saturated rings. The highest BCUT2D eigenvalue weighted by molar-refractivity contribution is 7.13. The number of hydrogen-bond acceptors (Lipinski definition) is 5. The largest absolute Gasteiger partial charge is 0.334 e. The summed E-state index contributed by atoms with van der Waals surface area (Å²) in [6.07, 6.45) is 8.40. The molecule has 1 aliphatic rings. The third kappa shape index (κ3) is 2.90. The number of nitrogens with one attached hydrogen (secondary N) is 1. The van der Waals surface area contributed by atoms with Crippen molar-refractivity contribution in [2.45, 2.75) is 38.8 Å². The molecule has 1 aromatic carbocycles. The third-order valence-electron chi connectivity index (χ3n) is 5.22. The number of imidazole rings is 1. The molecule has 1 N–H and O–H groups in total. The molecule has 1 atom stereocenters. The van der Waals surface area contributed by atoms with Gasteiger partial charge in [-0.1, -0.05) is 19.1 Å². The SMILES string of the molecule is CCc1ccc2cn(C(C(=O)Nc3nccs3)c3ncn4c3CCC4)nc2c1. The summed E-state index contributed by atoms with van der Waals surface area (Å²) in [7, 11) is 0.